The van der Waals surface area contributed by atoms with Gasteiger partial charge in [-0.3, -0.25) is 4.79 Å². The number of piperidine rings is 1. The third kappa shape index (κ3) is 6.13. The molecule has 0 aliphatic carbocycles. The minimum Gasteiger partial charge on any atom is -0.493 e. The summed E-state index contributed by atoms with van der Waals surface area (Å²) in [4.78, 5) is 14.0. The van der Waals surface area contributed by atoms with E-state index in [0.29, 0.717) is 45.4 Å². The van der Waals surface area contributed by atoms with E-state index in [0.717, 1.165) is 11.3 Å². The molecule has 1 amide bonds. The number of aryl methyl sites for hydroxylation is 1. The standard InChI is InChI=1S/C17H26N2O4S/c1-14-6-3-4-7-16(14)23-13-5-8-17(20)19-11-9-15(10-12-19)18-24(2,21)22/h3-4,6-7,15,18H,5,8-13H2,1-2H3. The third-order valence-corrected chi connectivity index (χ3v) is 4.88. The molecule has 134 valence electrons. The second kappa shape index (κ2) is 8.48. The van der Waals surface area contributed by atoms with Crippen molar-refractivity contribution in [1.82, 2.24) is 9.62 Å². The molecular weight excluding hydrogens is 328 g/mol. The highest BCUT2D eigenvalue weighted by Gasteiger charge is 2.24. The SMILES string of the molecule is Cc1ccccc1OCCCC(=O)N1CCC(NS(C)(=O)=O)CC1. The maximum absolute atomic E-state index is 12.2. The van der Waals surface area contributed by atoms with Crippen LogP contribution < -0.4 is 9.46 Å². The van der Waals surface area contributed by atoms with Crippen LogP contribution in [0.1, 0.15) is 31.2 Å². The van der Waals surface area contributed by atoms with Gasteiger partial charge in [0, 0.05) is 25.6 Å². The lowest BCUT2D eigenvalue weighted by Gasteiger charge is -2.32. The molecule has 0 saturated carbocycles. The number of benzene rings is 1. The van der Waals surface area contributed by atoms with Crippen LogP contribution in [0.2, 0.25) is 0 Å². The quantitative estimate of drug-likeness (QED) is 0.756. The van der Waals surface area contributed by atoms with Gasteiger partial charge in [-0.25, -0.2) is 13.1 Å². The summed E-state index contributed by atoms with van der Waals surface area (Å²) in [6, 6.07) is 7.76. The normalized spacial score (nSPS) is 16.2. The first-order valence-corrected chi connectivity index (χ1v) is 10.2. The fourth-order valence-electron chi connectivity index (χ4n) is 2.83. The number of rotatable bonds is 7. The summed E-state index contributed by atoms with van der Waals surface area (Å²) in [7, 11) is -3.18. The topological polar surface area (TPSA) is 75.7 Å². The van der Waals surface area contributed by atoms with Gasteiger partial charge < -0.3 is 9.64 Å². The highest BCUT2D eigenvalue weighted by Crippen LogP contribution is 2.17. The number of likely N-dealkylation sites (tertiary alicyclic amines) is 1. The van der Waals surface area contributed by atoms with Crippen molar-refractivity contribution >= 4 is 15.9 Å². The Balaban J connectivity index is 1.66. The minimum atomic E-state index is -3.18. The van der Waals surface area contributed by atoms with Crippen molar-refractivity contribution in [2.45, 2.75) is 38.6 Å². The lowest BCUT2D eigenvalue weighted by Crippen LogP contribution is -2.46. The zero-order valence-corrected chi connectivity index (χ0v) is 15.1. The number of hydrogen-bond acceptors (Lipinski definition) is 4. The largest absolute Gasteiger partial charge is 0.493 e. The molecule has 7 heteroatoms. The van der Waals surface area contributed by atoms with Crippen LogP contribution in [0.4, 0.5) is 0 Å². The zero-order valence-electron chi connectivity index (χ0n) is 14.3. The summed E-state index contributed by atoms with van der Waals surface area (Å²) in [6.07, 6.45) is 3.63. The first-order chi connectivity index (χ1) is 11.3. The van der Waals surface area contributed by atoms with Gasteiger partial charge in [-0.2, -0.15) is 0 Å². The average Bonchev–Trinajstić information content (AvgIpc) is 2.52. The predicted molar refractivity (Wildman–Crippen MR) is 93.5 cm³/mol. The fraction of sp³-hybridized carbons (Fsp3) is 0.588. The number of nitrogens with zero attached hydrogens (tertiary/aromatic N) is 1. The summed E-state index contributed by atoms with van der Waals surface area (Å²) in [5.41, 5.74) is 1.09. The maximum atomic E-state index is 12.2. The minimum absolute atomic E-state index is 0.0616. The number of nitrogens with one attached hydrogen (secondary N) is 1. The molecule has 1 heterocycles. The van der Waals surface area contributed by atoms with E-state index in [1.807, 2.05) is 36.1 Å². The smallest absolute Gasteiger partial charge is 0.222 e. The van der Waals surface area contributed by atoms with Crippen LogP contribution in [0, 0.1) is 6.92 Å². The van der Waals surface area contributed by atoms with E-state index in [9.17, 15) is 13.2 Å². The second-order valence-corrected chi connectivity index (χ2v) is 8.04. The molecule has 1 fully saturated rings. The van der Waals surface area contributed by atoms with Gasteiger partial charge in [0.05, 0.1) is 12.9 Å². The molecule has 0 spiro atoms. The summed E-state index contributed by atoms with van der Waals surface area (Å²) in [6.45, 7) is 3.72. The van der Waals surface area contributed by atoms with Crippen LogP contribution in [0.15, 0.2) is 24.3 Å². The Morgan fingerprint density at radius 1 is 1.29 bits per heavy atom. The lowest BCUT2D eigenvalue weighted by molar-refractivity contribution is -0.132. The number of para-hydroxylation sites is 1. The molecule has 1 aromatic carbocycles. The summed E-state index contributed by atoms with van der Waals surface area (Å²) < 4.78 is 30.8. The molecule has 6 nitrogen and oxygen atoms in total. The second-order valence-electron chi connectivity index (χ2n) is 6.26. The van der Waals surface area contributed by atoms with E-state index in [1.54, 1.807) is 0 Å². The van der Waals surface area contributed by atoms with Crippen molar-refractivity contribution in [2.24, 2.45) is 0 Å². The molecule has 1 saturated heterocycles. The Morgan fingerprint density at radius 3 is 2.58 bits per heavy atom. The first-order valence-electron chi connectivity index (χ1n) is 8.28. The molecule has 1 aliphatic heterocycles. The van der Waals surface area contributed by atoms with Gasteiger partial charge in [0.15, 0.2) is 0 Å². The van der Waals surface area contributed by atoms with Crippen molar-refractivity contribution in [3.05, 3.63) is 29.8 Å². The van der Waals surface area contributed by atoms with Crippen molar-refractivity contribution in [3.8, 4) is 5.75 Å². The van der Waals surface area contributed by atoms with Crippen LogP contribution in [0.3, 0.4) is 0 Å². The number of ether oxygens (including phenoxy) is 1. The fourth-order valence-corrected chi connectivity index (χ4v) is 3.67. The Bertz CT molecular complexity index is 652. The van der Waals surface area contributed by atoms with E-state index in [2.05, 4.69) is 4.72 Å². The zero-order chi connectivity index (χ0) is 17.6. The molecular formula is C17H26N2O4S. The highest BCUT2D eigenvalue weighted by molar-refractivity contribution is 7.88. The number of sulfonamides is 1. The molecule has 0 bridgehead atoms. The van der Waals surface area contributed by atoms with Gasteiger partial charge in [0.1, 0.15) is 5.75 Å². The molecule has 1 aliphatic rings. The molecule has 1 aromatic rings. The first kappa shape index (κ1) is 18.7. The van der Waals surface area contributed by atoms with E-state index in [1.165, 1.54) is 6.26 Å². The van der Waals surface area contributed by atoms with E-state index >= 15 is 0 Å². The Morgan fingerprint density at radius 2 is 1.96 bits per heavy atom. The van der Waals surface area contributed by atoms with Gasteiger partial charge in [0.25, 0.3) is 0 Å². The predicted octanol–water partition coefficient (Wildman–Crippen LogP) is 1.69. The molecule has 0 aromatic heterocycles. The lowest BCUT2D eigenvalue weighted by atomic mass is 10.1. The molecule has 0 radical (unpaired) electrons. The van der Waals surface area contributed by atoms with Gasteiger partial charge in [-0.15, -0.1) is 0 Å². The van der Waals surface area contributed by atoms with E-state index in [-0.39, 0.29) is 11.9 Å². The Labute approximate surface area is 144 Å². The summed E-state index contributed by atoms with van der Waals surface area (Å²) >= 11 is 0. The number of carbonyl (C=O) groups is 1. The maximum Gasteiger partial charge on any atom is 0.222 e. The van der Waals surface area contributed by atoms with Gasteiger partial charge in [0.2, 0.25) is 15.9 Å². The monoisotopic (exact) mass is 354 g/mol. The molecule has 2 rings (SSSR count). The molecule has 0 unspecified atom stereocenters. The van der Waals surface area contributed by atoms with Crippen molar-refractivity contribution < 1.29 is 17.9 Å². The van der Waals surface area contributed by atoms with Crippen LogP contribution in [-0.2, 0) is 14.8 Å². The third-order valence-electron chi connectivity index (χ3n) is 4.11. The number of carbonyl (C=O) groups excluding carboxylic acids is 1. The molecule has 24 heavy (non-hydrogen) atoms. The van der Waals surface area contributed by atoms with Gasteiger partial charge in [-0.05, 0) is 37.8 Å². The van der Waals surface area contributed by atoms with Gasteiger partial charge >= 0.3 is 0 Å². The van der Waals surface area contributed by atoms with E-state index < -0.39 is 10.0 Å². The van der Waals surface area contributed by atoms with Crippen LogP contribution in [0.5, 0.6) is 5.75 Å². The van der Waals surface area contributed by atoms with Crippen LogP contribution in [-0.4, -0.2) is 51.2 Å². The molecule has 0 atom stereocenters. The van der Waals surface area contributed by atoms with Crippen LogP contribution in [0.25, 0.3) is 0 Å². The van der Waals surface area contributed by atoms with E-state index in [4.69, 9.17) is 4.74 Å². The van der Waals surface area contributed by atoms with Crippen molar-refractivity contribution in [1.29, 1.82) is 0 Å². The average molecular weight is 354 g/mol. The van der Waals surface area contributed by atoms with Crippen LogP contribution >= 0.6 is 0 Å². The highest BCUT2D eigenvalue weighted by atomic mass is 32.2. The van der Waals surface area contributed by atoms with Gasteiger partial charge in [-0.1, -0.05) is 18.2 Å². The van der Waals surface area contributed by atoms with Crippen molar-refractivity contribution in [2.75, 3.05) is 26.0 Å². The number of hydrogen-bond donors (Lipinski definition) is 1. The summed E-state index contributed by atoms with van der Waals surface area (Å²) in [5.74, 6) is 0.971. The summed E-state index contributed by atoms with van der Waals surface area (Å²) in [5, 5.41) is 0. The number of amides is 1. The van der Waals surface area contributed by atoms with Crippen molar-refractivity contribution in [3.63, 3.8) is 0 Å². The molecule has 1 N–H and O–H groups in total. The Kier molecular flexibility index (Phi) is 6.62. The Hall–Kier alpha value is -1.60.